The van der Waals surface area contributed by atoms with E-state index in [4.69, 9.17) is 21.1 Å². The minimum Gasteiger partial charge on any atom is -0.497 e. The number of rotatable bonds is 5. The smallest absolute Gasteiger partial charge is 0.171 e. The highest BCUT2D eigenvalue weighted by molar-refractivity contribution is 6.30. The van der Waals surface area contributed by atoms with Crippen molar-refractivity contribution < 1.29 is 14.3 Å². The maximum Gasteiger partial charge on any atom is 0.171 e. The average molecular weight is 291 g/mol. The molecule has 0 aliphatic rings. The van der Waals surface area contributed by atoms with E-state index in [-0.39, 0.29) is 12.2 Å². The van der Waals surface area contributed by atoms with Gasteiger partial charge in [-0.15, -0.1) is 0 Å². The summed E-state index contributed by atoms with van der Waals surface area (Å²) in [5.74, 6) is 1.13. The Balaban J connectivity index is 2.28. The van der Waals surface area contributed by atoms with Gasteiger partial charge in [-0.25, -0.2) is 0 Å². The van der Waals surface area contributed by atoms with E-state index in [1.54, 1.807) is 37.4 Å². The molecule has 0 atom stereocenters. The van der Waals surface area contributed by atoms with E-state index < -0.39 is 0 Å². The third-order valence-electron chi connectivity index (χ3n) is 2.96. The number of Topliss-reactive ketones (excluding diaryl/α,β-unsaturated/α-hetero) is 1. The molecule has 0 heterocycles. The average Bonchev–Trinajstić information content (AvgIpc) is 2.46. The van der Waals surface area contributed by atoms with Crippen molar-refractivity contribution in [2.24, 2.45) is 0 Å². The van der Waals surface area contributed by atoms with Crippen LogP contribution in [0.2, 0.25) is 5.02 Å². The van der Waals surface area contributed by atoms with Crippen molar-refractivity contribution in [3.05, 3.63) is 58.6 Å². The van der Waals surface area contributed by atoms with Crippen molar-refractivity contribution >= 4 is 17.4 Å². The molecule has 0 amide bonds. The van der Waals surface area contributed by atoms with Crippen molar-refractivity contribution in [3.8, 4) is 11.5 Å². The number of carbonyl (C=O) groups excluding carboxylic acids is 1. The van der Waals surface area contributed by atoms with Crippen LogP contribution in [-0.4, -0.2) is 20.0 Å². The predicted octanol–water partition coefficient (Wildman–Crippen LogP) is 3.78. The van der Waals surface area contributed by atoms with Gasteiger partial charge < -0.3 is 9.47 Å². The molecule has 0 aromatic heterocycles. The fourth-order valence-electron chi connectivity index (χ4n) is 1.96. The summed E-state index contributed by atoms with van der Waals surface area (Å²) < 4.78 is 10.4. The van der Waals surface area contributed by atoms with Gasteiger partial charge in [-0.05, 0) is 35.9 Å². The van der Waals surface area contributed by atoms with Gasteiger partial charge in [0.2, 0.25) is 0 Å². The first kappa shape index (κ1) is 14.4. The van der Waals surface area contributed by atoms with E-state index >= 15 is 0 Å². The molecule has 0 aliphatic carbocycles. The summed E-state index contributed by atoms with van der Waals surface area (Å²) in [7, 11) is 3.10. The van der Waals surface area contributed by atoms with Gasteiger partial charge in [-0.1, -0.05) is 23.7 Å². The second kappa shape index (κ2) is 6.44. The van der Waals surface area contributed by atoms with Gasteiger partial charge in [0.15, 0.2) is 5.78 Å². The Bertz CT molecular complexity index is 623. The molecule has 2 rings (SSSR count). The maximum absolute atomic E-state index is 12.4. The molecule has 0 saturated heterocycles. The second-order valence-corrected chi connectivity index (χ2v) is 4.73. The van der Waals surface area contributed by atoms with Crippen molar-refractivity contribution in [1.82, 2.24) is 0 Å². The van der Waals surface area contributed by atoms with Crippen molar-refractivity contribution in [2.45, 2.75) is 6.42 Å². The normalized spacial score (nSPS) is 10.2. The number of hydrogen-bond acceptors (Lipinski definition) is 3. The van der Waals surface area contributed by atoms with Crippen LogP contribution >= 0.6 is 11.6 Å². The second-order valence-electron chi connectivity index (χ2n) is 4.30. The highest BCUT2D eigenvalue weighted by Gasteiger charge is 2.14. The highest BCUT2D eigenvalue weighted by atomic mass is 35.5. The number of carbonyl (C=O) groups is 1. The third kappa shape index (κ3) is 3.31. The maximum atomic E-state index is 12.4. The van der Waals surface area contributed by atoms with Crippen molar-refractivity contribution in [3.63, 3.8) is 0 Å². The van der Waals surface area contributed by atoms with E-state index in [0.717, 1.165) is 5.56 Å². The first-order valence-electron chi connectivity index (χ1n) is 6.13. The zero-order chi connectivity index (χ0) is 14.5. The minimum atomic E-state index is -0.0389. The molecule has 0 bridgehead atoms. The van der Waals surface area contributed by atoms with Crippen LogP contribution in [0, 0.1) is 0 Å². The molecule has 0 N–H and O–H groups in total. The van der Waals surface area contributed by atoms with Gasteiger partial charge in [0, 0.05) is 11.4 Å². The summed E-state index contributed by atoms with van der Waals surface area (Å²) in [5.41, 5.74) is 1.37. The van der Waals surface area contributed by atoms with Gasteiger partial charge in [-0.3, -0.25) is 4.79 Å². The molecule has 0 aliphatic heterocycles. The molecule has 2 aromatic carbocycles. The van der Waals surface area contributed by atoms with E-state index in [0.29, 0.717) is 22.1 Å². The molecular formula is C16H15ClO3. The molecule has 0 unspecified atom stereocenters. The van der Waals surface area contributed by atoms with E-state index in [1.165, 1.54) is 7.11 Å². The molecule has 0 spiro atoms. The molecule has 20 heavy (non-hydrogen) atoms. The lowest BCUT2D eigenvalue weighted by Crippen LogP contribution is -2.06. The Morgan fingerprint density at radius 1 is 1.10 bits per heavy atom. The lowest BCUT2D eigenvalue weighted by molar-refractivity contribution is 0.0989. The van der Waals surface area contributed by atoms with Crippen molar-refractivity contribution in [1.29, 1.82) is 0 Å². The van der Waals surface area contributed by atoms with Gasteiger partial charge >= 0.3 is 0 Å². The lowest BCUT2D eigenvalue weighted by atomic mass is 10.0. The first-order valence-corrected chi connectivity index (χ1v) is 6.51. The lowest BCUT2D eigenvalue weighted by Gasteiger charge is -2.09. The first-order chi connectivity index (χ1) is 9.63. The number of ketones is 1. The quantitative estimate of drug-likeness (QED) is 0.786. The van der Waals surface area contributed by atoms with Crippen LogP contribution in [0.5, 0.6) is 11.5 Å². The Labute approximate surface area is 123 Å². The Kier molecular flexibility index (Phi) is 4.64. The topological polar surface area (TPSA) is 35.5 Å². The standard InChI is InChI=1S/C16H15ClO3/c1-19-13-6-7-16(20-2)14(10-13)15(18)9-11-4-3-5-12(17)8-11/h3-8,10H,9H2,1-2H3. The number of halogens is 1. The number of ether oxygens (including phenoxy) is 2. The van der Waals surface area contributed by atoms with Crippen LogP contribution in [0.1, 0.15) is 15.9 Å². The van der Waals surface area contributed by atoms with E-state index in [1.807, 2.05) is 12.1 Å². The Morgan fingerprint density at radius 3 is 2.55 bits per heavy atom. The molecule has 3 nitrogen and oxygen atoms in total. The highest BCUT2D eigenvalue weighted by Crippen LogP contribution is 2.25. The van der Waals surface area contributed by atoms with E-state index in [9.17, 15) is 4.79 Å². The zero-order valence-corrected chi connectivity index (χ0v) is 12.1. The molecule has 4 heteroatoms. The molecule has 104 valence electrons. The van der Waals surface area contributed by atoms with Crippen LogP contribution < -0.4 is 9.47 Å². The summed E-state index contributed by atoms with van der Waals surface area (Å²) in [5, 5.41) is 0.618. The summed E-state index contributed by atoms with van der Waals surface area (Å²) in [6.45, 7) is 0. The molecule has 0 saturated carbocycles. The largest absolute Gasteiger partial charge is 0.497 e. The number of methoxy groups -OCH3 is 2. The van der Waals surface area contributed by atoms with E-state index in [2.05, 4.69) is 0 Å². The summed E-state index contributed by atoms with van der Waals surface area (Å²) in [6, 6.07) is 12.4. The van der Waals surface area contributed by atoms with Crippen LogP contribution in [0.15, 0.2) is 42.5 Å². The fraction of sp³-hybridized carbons (Fsp3) is 0.188. The number of hydrogen-bond donors (Lipinski definition) is 0. The summed E-state index contributed by atoms with van der Waals surface area (Å²) >= 11 is 5.92. The zero-order valence-electron chi connectivity index (χ0n) is 11.4. The minimum absolute atomic E-state index is 0.0389. The van der Waals surface area contributed by atoms with Gasteiger partial charge in [-0.2, -0.15) is 0 Å². The fourth-order valence-corrected chi connectivity index (χ4v) is 2.17. The van der Waals surface area contributed by atoms with Crippen LogP contribution in [0.25, 0.3) is 0 Å². The van der Waals surface area contributed by atoms with Crippen LogP contribution in [0.3, 0.4) is 0 Å². The summed E-state index contributed by atoms with van der Waals surface area (Å²) in [6.07, 6.45) is 0.268. The van der Waals surface area contributed by atoms with Gasteiger partial charge in [0.1, 0.15) is 11.5 Å². The predicted molar refractivity (Wildman–Crippen MR) is 79.0 cm³/mol. The third-order valence-corrected chi connectivity index (χ3v) is 3.20. The van der Waals surface area contributed by atoms with Crippen LogP contribution in [-0.2, 0) is 6.42 Å². The Hall–Kier alpha value is -2.00. The Morgan fingerprint density at radius 2 is 1.90 bits per heavy atom. The molecule has 0 radical (unpaired) electrons. The summed E-state index contributed by atoms with van der Waals surface area (Å²) in [4.78, 5) is 12.4. The molecular weight excluding hydrogens is 276 g/mol. The number of benzene rings is 2. The molecule has 0 fully saturated rings. The van der Waals surface area contributed by atoms with Gasteiger partial charge in [0.25, 0.3) is 0 Å². The van der Waals surface area contributed by atoms with Gasteiger partial charge in [0.05, 0.1) is 19.8 Å². The SMILES string of the molecule is COc1ccc(OC)c(C(=O)Cc2cccc(Cl)c2)c1. The van der Waals surface area contributed by atoms with Crippen molar-refractivity contribution in [2.75, 3.05) is 14.2 Å². The molecule has 2 aromatic rings. The van der Waals surface area contributed by atoms with Crippen LogP contribution in [0.4, 0.5) is 0 Å². The monoisotopic (exact) mass is 290 g/mol.